The van der Waals surface area contributed by atoms with Crippen LogP contribution in [-0.4, -0.2) is 26.4 Å². The SMILES string of the molecule is CC(C)c1csc(NC(=O)c2cccc(S(=O)(=O)N(C)c3ccccc3)c2)n1. The maximum absolute atomic E-state index is 12.9. The molecule has 2 aromatic carbocycles. The number of benzene rings is 2. The number of hydrogen-bond donors (Lipinski definition) is 1. The average molecular weight is 416 g/mol. The summed E-state index contributed by atoms with van der Waals surface area (Å²) in [6.45, 7) is 4.05. The fraction of sp³-hybridized carbons (Fsp3) is 0.200. The first-order valence-corrected chi connectivity index (χ1v) is 11.0. The third kappa shape index (κ3) is 4.23. The van der Waals surface area contributed by atoms with Gasteiger partial charge < -0.3 is 0 Å². The van der Waals surface area contributed by atoms with Gasteiger partial charge >= 0.3 is 0 Å². The summed E-state index contributed by atoms with van der Waals surface area (Å²) >= 11 is 1.34. The Morgan fingerprint density at radius 3 is 2.46 bits per heavy atom. The van der Waals surface area contributed by atoms with Crippen LogP contribution in [0.5, 0.6) is 0 Å². The van der Waals surface area contributed by atoms with Crippen LogP contribution in [0.15, 0.2) is 64.9 Å². The van der Waals surface area contributed by atoms with Crippen LogP contribution < -0.4 is 9.62 Å². The summed E-state index contributed by atoms with van der Waals surface area (Å²) in [5.41, 5.74) is 1.70. The van der Waals surface area contributed by atoms with Crippen molar-refractivity contribution in [2.45, 2.75) is 24.7 Å². The molecule has 3 rings (SSSR count). The van der Waals surface area contributed by atoms with E-state index in [0.29, 0.717) is 10.8 Å². The van der Waals surface area contributed by atoms with E-state index in [-0.39, 0.29) is 16.4 Å². The molecule has 28 heavy (non-hydrogen) atoms. The zero-order valence-corrected chi connectivity index (χ0v) is 17.4. The number of amides is 1. The Balaban J connectivity index is 1.83. The standard InChI is InChI=1S/C20H21N3O3S2/c1-14(2)18-13-27-20(21-18)22-19(24)15-8-7-11-17(12-15)28(25,26)23(3)16-9-5-4-6-10-16/h4-14H,1-3H3,(H,21,22,24). The van der Waals surface area contributed by atoms with Crippen LogP contribution in [0.2, 0.25) is 0 Å². The summed E-state index contributed by atoms with van der Waals surface area (Å²) in [6, 6.07) is 14.8. The molecule has 0 radical (unpaired) electrons. The second-order valence-electron chi connectivity index (χ2n) is 6.52. The minimum atomic E-state index is -3.79. The number of anilines is 2. The molecule has 1 heterocycles. The van der Waals surface area contributed by atoms with Crippen molar-refractivity contribution >= 4 is 38.1 Å². The Labute approximate surface area is 168 Å². The summed E-state index contributed by atoms with van der Waals surface area (Å²) < 4.78 is 27.1. The van der Waals surface area contributed by atoms with E-state index >= 15 is 0 Å². The van der Waals surface area contributed by atoms with E-state index in [0.717, 1.165) is 5.69 Å². The summed E-state index contributed by atoms with van der Waals surface area (Å²) in [7, 11) is -2.30. The quantitative estimate of drug-likeness (QED) is 0.649. The molecule has 0 aliphatic rings. The predicted octanol–water partition coefficient (Wildman–Crippen LogP) is 4.34. The molecule has 0 aliphatic heterocycles. The van der Waals surface area contributed by atoms with Gasteiger partial charge in [0, 0.05) is 18.0 Å². The van der Waals surface area contributed by atoms with Crippen molar-refractivity contribution in [2.75, 3.05) is 16.7 Å². The first-order chi connectivity index (χ1) is 13.3. The smallest absolute Gasteiger partial charge is 0.264 e. The lowest BCUT2D eigenvalue weighted by molar-refractivity contribution is 0.102. The molecular formula is C20H21N3O3S2. The van der Waals surface area contributed by atoms with E-state index in [1.54, 1.807) is 36.4 Å². The van der Waals surface area contributed by atoms with Gasteiger partial charge in [0.05, 0.1) is 16.3 Å². The van der Waals surface area contributed by atoms with Gasteiger partial charge in [-0.15, -0.1) is 11.3 Å². The first-order valence-electron chi connectivity index (χ1n) is 8.70. The highest BCUT2D eigenvalue weighted by Gasteiger charge is 2.22. The molecule has 8 heteroatoms. The minimum absolute atomic E-state index is 0.0495. The molecular weight excluding hydrogens is 394 g/mol. The number of aromatic nitrogens is 1. The van der Waals surface area contributed by atoms with Crippen LogP contribution in [-0.2, 0) is 10.0 Å². The molecule has 0 spiro atoms. The summed E-state index contributed by atoms with van der Waals surface area (Å²) in [5, 5.41) is 5.12. The third-order valence-electron chi connectivity index (χ3n) is 4.21. The largest absolute Gasteiger partial charge is 0.298 e. The van der Waals surface area contributed by atoms with Gasteiger partial charge in [-0.3, -0.25) is 14.4 Å². The summed E-state index contributed by atoms with van der Waals surface area (Å²) in [6.07, 6.45) is 0. The summed E-state index contributed by atoms with van der Waals surface area (Å²) in [4.78, 5) is 17.0. The number of nitrogens with zero attached hydrogens (tertiary/aromatic N) is 2. The Hall–Kier alpha value is -2.71. The molecule has 6 nitrogen and oxygen atoms in total. The number of nitrogens with one attached hydrogen (secondary N) is 1. The van der Waals surface area contributed by atoms with E-state index in [2.05, 4.69) is 10.3 Å². The fourth-order valence-electron chi connectivity index (χ4n) is 2.51. The van der Waals surface area contributed by atoms with Crippen molar-refractivity contribution < 1.29 is 13.2 Å². The second-order valence-corrected chi connectivity index (χ2v) is 9.35. The van der Waals surface area contributed by atoms with Gasteiger partial charge in [-0.2, -0.15) is 0 Å². The number of sulfonamides is 1. The molecule has 1 N–H and O–H groups in total. The Morgan fingerprint density at radius 1 is 1.11 bits per heavy atom. The monoisotopic (exact) mass is 415 g/mol. The lowest BCUT2D eigenvalue weighted by atomic mass is 10.2. The molecule has 0 aliphatic carbocycles. The van der Waals surface area contributed by atoms with Gasteiger partial charge in [0.25, 0.3) is 15.9 Å². The fourth-order valence-corrected chi connectivity index (χ4v) is 4.62. The first kappa shape index (κ1) is 20.0. The highest BCUT2D eigenvalue weighted by atomic mass is 32.2. The molecule has 146 valence electrons. The molecule has 0 saturated heterocycles. The number of carbonyl (C=O) groups excluding carboxylic acids is 1. The molecule has 1 amide bonds. The Morgan fingerprint density at radius 2 is 1.82 bits per heavy atom. The van der Waals surface area contributed by atoms with Crippen molar-refractivity contribution in [3.63, 3.8) is 0 Å². The maximum atomic E-state index is 12.9. The van der Waals surface area contributed by atoms with Crippen molar-refractivity contribution in [1.29, 1.82) is 0 Å². The van der Waals surface area contributed by atoms with Crippen LogP contribution in [0, 0.1) is 0 Å². The molecule has 0 unspecified atom stereocenters. The van der Waals surface area contributed by atoms with Crippen molar-refractivity contribution in [3.05, 3.63) is 71.2 Å². The van der Waals surface area contributed by atoms with Crippen molar-refractivity contribution in [2.24, 2.45) is 0 Å². The topological polar surface area (TPSA) is 79.4 Å². The number of thiazole rings is 1. The van der Waals surface area contributed by atoms with Crippen molar-refractivity contribution in [1.82, 2.24) is 4.98 Å². The second kappa shape index (κ2) is 8.12. The third-order valence-corrected chi connectivity index (χ3v) is 6.77. The Bertz CT molecular complexity index is 1080. The predicted molar refractivity (Wildman–Crippen MR) is 113 cm³/mol. The average Bonchev–Trinajstić information content (AvgIpc) is 3.17. The van der Waals surface area contributed by atoms with E-state index in [9.17, 15) is 13.2 Å². The van der Waals surface area contributed by atoms with Crippen molar-refractivity contribution in [3.8, 4) is 0 Å². The van der Waals surface area contributed by atoms with Gasteiger partial charge in [0.15, 0.2) is 5.13 Å². The van der Waals surface area contributed by atoms with Crippen LogP contribution in [0.25, 0.3) is 0 Å². The number of rotatable bonds is 6. The van der Waals surface area contributed by atoms with Gasteiger partial charge in [-0.05, 0) is 36.2 Å². The molecule has 0 atom stereocenters. The van der Waals surface area contributed by atoms with Crippen LogP contribution in [0.4, 0.5) is 10.8 Å². The van der Waals surface area contributed by atoms with Crippen LogP contribution in [0.1, 0.15) is 35.8 Å². The summed E-state index contributed by atoms with van der Waals surface area (Å²) in [5.74, 6) is -0.132. The lowest BCUT2D eigenvalue weighted by Gasteiger charge is -2.19. The zero-order chi connectivity index (χ0) is 20.3. The maximum Gasteiger partial charge on any atom is 0.264 e. The molecule has 0 fully saturated rings. The van der Waals surface area contributed by atoms with Gasteiger partial charge in [-0.25, -0.2) is 13.4 Å². The number of carbonyl (C=O) groups is 1. The molecule has 1 aromatic heterocycles. The van der Waals surface area contributed by atoms with Gasteiger partial charge in [0.1, 0.15) is 0 Å². The molecule has 3 aromatic rings. The van der Waals surface area contributed by atoms with E-state index in [1.165, 1.54) is 34.8 Å². The Kier molecular flexibility index (Phi) is 5.81. The normalized spacial score (nSPS) is 11.4. The number of hydrogen-bond acceptors (Lipinski definition) is 5. The lowest BCUT2D eigenvalue weighted by Crippen LogP contribution is -2.26. The van der Waals surface area contributed by atoms with E-state index in [1.807, 2.05) is 25.3 Å². The van der Waals surface area contributed by atoms with E-state index in [4.69, 9.17) is 0 Å². The number of para-hydroxylation sites is 1. The van der Waals surface area contributed by atoms with Gasteiger partial charge in [0.2, 0.25) is 0 Å². The van der Waals surface area contributed by atoms with Crippen LogP contribution in [0.3, 0.4) is 0 Å². The highest BCUT2D eigenvalue weighted by molar-refractivity contribution is 7.92. The molecule has 0 bridgehead atoms. The van der Waals surface area contributed by atoms with Gasteiger partial charge in [-0.1, -0.05) is 38.1 Å². The van der Waals surface area contributed by atoms with E-state index < -0.39 is 15.9 Å². The van der Waals surface area contributed by atoms with Crippen LogP contribution >= 0.6 is 11.3 Å². The highest BCUT2D eigenvalue weighted by Crippen LogP contribution is 2.24. The molecule has 0 saturated carbocycles. The minimum Gasteiger partial charge on any atom is -0.298 e. The zero-order valence-electron chi connectivity index (χ0n) is 15.8.